The van der Waals surface area contributed by atoms with Gasteiger partial charge in [-0.15, -0.1) is 0 Å². The number of H-pyrrole nitrogens is 1. The van der Waals surface area contributed by atoms with E-state index in [2.05, 4.69) is 25.5 Å². The summed E-state index contributed by atoms with van der Waals surface area (Å²) in [6, 6.07) is 8.26. The summed E-state index contributed by atoms with van der Waals surface area (Å²) >= 11 is 6.24. The van der Waals surface area contributed by atoms with Gasteiger partial charge in [-0.05, 0) is 25.0 Å². The number of halogens is 1. The molecule has 1 aromatic carbocycles. The largest absolute Gasteiger partial charge is 0.395 e. The summed E-state index contributed by atoms with van der Waals surface area (Å²) < 4.78 is 26.4. The van der Waals surface area contributed by atoms with Crippen LogP contribution < -0.4 is 5.32 Å². The van der Waals surface area contributed by atoms with Crippen molar-refractivity contribution < 1.29 is 13.5 Å². The number of benzene rings is 1. The molecule has 3 N–H and O–H groups in total. The lowest BCUT2D eigenvalue weighted by atomic mass is 10.2. The van der Waals surface area contributed by atoms with Crippen LogP contribution in [0, 0.1) is 0 Å². The molecule has 2 aromatic heterocycles. The fourth-order valence-corrected chi connectivity index (χ4v) is 4.30. The maximum atomic E-state index is 12.7. The molecule has 9 nitrogen and oxygen atoms in total. The van der Waals surface area contributed by atoms with E-state index < -0.39 is 10.0 Å². The topological polar surface area (TPSA) is 124 Å². The average Bonchev–Trinajstić information content (AvgIpc) is 3.49. The number of aliphatic hydroxyl groups excluding tert-OH is 1. The molecule has 1 aliphatic rings. The lowest BCUT2D eigenvalue weighted by Crippen LogP contribution is -2.29. The Morgan fingerprint density at radius 3 is 2.87 bits per heavy atom. The smallest absolute Gasteiger partial charge is 0.242 e. The van der Waals surface area contributed by atoms with Crippen LogP contribution in [0.5, 0.6) is 0 Å². The van der Waals surface area contributed by atoms with Crippen LogP contribution in [0.3, 0.4) is 0 Å². The summed E-state index contributed by atoms with van der Waals surface area (Å²) in [5.74, 6) is 1.84. The number of anilines is 2. The lowest BCUT2D eigenvalue weighted by Gasteiger charge is -2.16. The predicted octanol–water partition coefficient (Wildman–Crippen LogP) is 2.75. The summed E-state index contributed by atoms with van der Waals surface area (Å²) in [6.45, 7) is -0.259. The zero-order chi connectivity index (χ0) is 21.3. The van der Waals surface area contributed by atoms with Crippen molar-refractivity contribution in [3.8, 4) is 11.4 Å². The number of hydrogen-bond acceptors (Lipinski definition) is 7. The predicted molar refractivity (Wildman–Crippen MR) is 113 cm³/mol. The van der Waals surface area contributed by atoms with E-state index in [1.807, 2.05) is 6.07 Å². The van der Waals surface area contributed by atoms with Crippen LogP contribution in [-0.4, -0.2) is 58.2 Å². The average molecular weight is 449 g/mol. The molecule has 158 valence electrons. The summed E-state index contributed by atoms with van der Waals surface area (Å²) in [6.07, 6.45) is 3.78. The highest BCUT2D eigenvalue weighted by atomic mass is 35.5. The number of nitrogens with one attached hydrogen (secondary N) is 2. The first-order valence-corrected chi connectivity index (χ1v) is 11.2. The maximum absolute atomic E-state index is 12.7. The lowest BCUT2D eigenvalue weighted by molar-refractivity contribution is 0.266. The molecule has 0 bridgehead atoms. The highest BCUT2D eigenvalue weighted by Crippen LogP contribution is 2.39. The Labute approximate surface area is 179 Å². The van der Waals surface area contributed by atoms with E-state index >= 15 is 0 Å². The number of likely N-dealkylation sites (N-methyl/N-ethyl adjacent to an activating group) is 1. The summed E-state index contributed by atoms with van der Waals surface area (Å²) in [5, 5.41) is 19.7. The molecule has 1 saturated carbocycles. The van der Waals surface area contributed by atoms with Gasteiger partial charge in [-0.2, -0.15) is 9.40 Å². The van der Waals surface area contributed by atoms with Crippen molar-refractivity contribution in [3.63, 3.8) is 0 Å². The Morgan fingerprint density at radius 1 is 1.33 bits per heavy atom. The molecule has 2 heterocycles. The molecular formula is C19H21ClN6O3S. The molecule has 3 aromatic rings. The van der Waals surface area contributed by atoms with Crippen molar-refractivity contribution in [2.75, 3.05) is 25.5 Å². The van der Waals surface area contributed by atoms with Gasteiger partial charge in [0.1, 0.15) is 5.02 Å². The molecule has 0 saturated heterocycles. The van der Waals surface area contributed by atoms with Crippen LogP contribution in [0.4, 0.5) is 11.6 Å². The SMILES string of the molecule is CN(CCO)S(=O)(=O)c1cccc(-c2ncc(Cl)c(Nc3cc(C4CC4)[nH]n3)n2)c1. The highest BCUT2D eigenvalue weighted by molar-refractivity contribution is 7.89. The van der Waals surface area contributed by atoms with E-state index in [0.717, 1.165) is 22.8 Å². The Hall–Kier alpha value is -2.53. The van der Waals surface area contributed by atoms with Crippen molar-refractivity contribution in [1.82, 2.24) is 24.5 Å². The van der Waals surface area contributed by atoms with E-state index in [9.17, 15) is 8.42 Å². The second-order valence-electron chi connectivity index (χ2n) is 7.08. The standard InChI is InChI=1S/C19H21ClN6O3S/c1-26(7-8-27)30(28,29)14-4-2-3-13(9-14)18-21-11-15(20)19(23-18)22-17-10-16(24-25-17)12-5-6-12/h2-4,9-12,27H,5-8H2,1H3,(H2,21,22,23,24,25). The van der Waals surface area contributed by atoms with Crippen LogP contribution in [0.2, 0.25) is 5.02 Å². The van der Waals surface area contributed by atoms with E-state index in [1.54, 1.807) is 12.1 Å². The Kier molecular flexibility index (Phi) is 5.74. The molecule has 11 heteroatoms. The molecule has 1 fully saturated rings. The number of aromatic amines is 1. The number of aliphatic hydroxyl groups is 1. The summed E-state index contributed by atoms with van der Waals surface area (Å²) in [7, 11) is -2.32. The number of nitrogens with zero attached hydrogens (tertiary/aromatic N) is 4. The van der Waals surface area contributed by atoms with Gasteiger partial charge in [0.15, 0.2) is 17.5 Å². The van der Waals surface area contributed by atoms with Crippen molar-refractivity contribution in [3.05, 3.63) is 47.2 Å². The van der Waals surface area contributed by atoms with E-state index in [0.29, 0.717) is 34.0 Å². The minimum atomic E-state index is -3.74. The molecule has 0 radical (unpaired) electrons. The number of aromatic nitrogens is 4. The van der Waals surface area contributed by atoms with E-state index in [4.69, 9.17) is 16.7 Å². The minimum Gasteiger partial charge on any atom is -0.395 e. The van der Waals surface area contributed by atoms with Crippen LogP contribution in [0.1, 0.15) is 24.5 Å². The molecule has 0 atom stereocenters. The van der Waals surface area contributed by atoms with E-state index in [1.165, 1.54) is 25.4 Å². The van der Waals surface area contributed by atoms with Crippen LogP contribution in [-0.2, 0) is 10.0 Å². The minimum absolute atomic E-state index is 0.00455. The molecule has 0 spiro atoms. The third-order valence-corrected chi connectivity index (χ3v) is 6.95. The van der Waals surface area contributed by atoms with Crippen molar-refractivity contribution in [1.29, 1.82) is 0 Å². The molecule has 4 rings (SSSR count). The zero-order valence-electron chi connectivity index (χ0n) is 16.2. The number of sulfonamides is 1. The monoisotopic (exact) mass is 448 g/mol. The quantitative estimate of drug-likeness (QED) is 0.484. The Bertz CT molecular complexity index is 1160. The van der Waals surface area contributed by atoms with Crippen molar-refractivity contribution >= 4 is 33.3 Å². The van der Waals surface area contributed by atoms with Crippen molar-refractivity contribution in [2.45, 2.75) is 23.7 Å². The Balaban J connectivity index is 1.62. The third kappa shape index (κ3) is 4.31. The first-order chi connectivity index (χ1) is 14.4. The molecule has 30 heavy (non-hydrogen) atoms. The van der Waals surface area contributed by atoms with Crippen molar-refractivity contribution in [2.24, 2.45) is 0 Å². The second-order valence-corrected chi connectivity index (χ2v) is 9.53. The molecular weight excluding hydrogens is 428 g/mol. The second kappa shape index (κ2) is 8.31. The molecule has 1 aliphatic carbocycles. The van der Waals surface area contributed by atoms with Gasteiger partial charge in [0, 0.05) is 36.8 Å². The van der Waals surface area contributed by atoms with Crippen LogP contribution in [0.15, 0.2) is 41.4 Å². The Morgan fingerprint density at radius 2 is 2.13 bits per heavy atom. The van der Waals surface area contributed by atoms with Gasteiger partial charge in [-0.3, -0.25) is 5.10 Å². The van der Waals surface area contributed by atoms with Gasteiger partial charge in [0.05, 0.1) is 17.7 Å². The normalized spacial score (nSPS) is 14.3. The van der Waals surface area contributed by atoms with Gasteiger partial charge in [-0.1, -0.05) is 23.7 Å². The molecule has 0 unspecified atom stereocenters. The molecule has 0 amide bonds. The van der Waals surface area contributed by atoms with Gasteiger partial charge in [0.2, 0.25) is 10.0 Å². The first kappa shape index (κ1) is 20.7. The fraction of sp³-hybridized carbons (Fsp3) is 0.316. The van der Waals surface area contributed by atoms with Crippen LogP contribution in [0.25, 0.3) is 11.4 Å². The molecule has 0 aliphatic heterocycles. The maximum Gasteiger partial charge on any atom is 0.242 e. The first-order valence-electron chi connectivity index (χ1n) is 9.41. The highest BCUT2D eigenvalue weighted by Gasteiger charge is 2.26. The van der Waals surface area contributed by atoms with Gasteiger partial charge in [0.25, 0.3) is 0 Å². The number of rotatable bonds is 8. The van der Waals surface area contributed by atoms with Gasteiger partial charge >= 0.3 is 0 Å². The van der Waals surface area contributed by atoms with Crippen LogP contribution >= 0.6 is 11.6 Å². The zero-order valence-corrected chi connectivity index (χ0v) is 17.8. The summed E-state index contributed by atoms with van der Waals surface area (Å²) in [4.78, 5) is 8.78. The fourth-order valence-electron chi connectivity index (χ4n) is 2.96. The number of hydrogen-bond donors (Lipinski definition) is 3. The third-order valence-electron chi connectivity index (χ3n) is 4.82. The van der Waals surface area contributed by atoms with Gasteiger partial charge in [-0.25, -0.2) is 18.4 Å². The summed E-state index contributed by atoms with van der Waals surface area (Å²) in [5.41, 5.74) is 1.60. The van der Waals surface area contributed by atoms with E-state index in [-0.39, 0.29) is 18.0 Å². The van der Waals surface area contributed by atoms with Gasteiger partial charge < -0.3 is 10.4 Å².